The highest BCUT2D eigenvalue weighted by Crippen LogP contribution is 2.40. The third-order valence-electron chi connectivity index (χ3n) is 8.43. The molecule has 0 radical (unpaired) electrons. The van der Waals surface area contributed by atoms with Gasteiger partial charge in [-0.2, -0.15) is 0 Å². The van der Waals surface area contributed by atoms with E-state index in [0.29, 0.717) is 0 Å². The summed E-state index contributed by atoms with van der Waals surface area (Å²) in [5.74, 6) is 0. The Kier molecular flexibility index (Phi) is 5.20. The number of furan rings is 2. The van der Waals surface area contributed by atoms with E-state index in [2.05, 4.69) is 121 Å². The molecule has 7 aromatic carbocycles. The first-order valence-electron chi connectivity index (χ1n) is 14.5. The summed E-state index contributed by atoms with van der Waals surface area (Å²) >= 11 is 0. The van der Waals surface area contributed by atoms with E-state index < -0.39 is 0 Å². The van der Waals surface area contributed by atoms with Crippen molar-refractivity contribution in [2.45, 2.75) is 0 Å². The molecule has 0 amide bonds. The second-order valence-corrected chi connectivity index (χ2v) is 11.0. The molecule has 9 rings (SSSR count). The van der Waals surface area contributed by atoms with Crippen molar-refractivity contribution in [3.63, 3.8) is 0 Å². The highest BCUT2D eigenvalue weighted by Gasteiger charge is 2.15. The average Bonchev–Trinajstić information content (AvgIpc) is 3.63. The Balaban J connectivity index is 1.15. The van der Waals surface area contributed by atoms with E-state index in [1.54, 1.807) is 0 Å². The quantitative estimate of drug-likeness (QED) is 0.236. The van der Waals surface area contributed by atoms with Crippen LogP contribution in [0.15, 0.2) is 154 Å². The largest absolute Gasteiger partial charge is 0.456 e. The standard InChI is InChI=1S/C40H25NO2/c1-2-9-26-22-28(19-18-25(26)8-1)27-10-5-11-29(23-27)31-13-7-17-38-39(31)34-24-30(20-21-37(34)42-38)41-35-15-6-14-33-32-12-3-4-16-36(32)43-40(33)35/h1-24,41H. The minimum Gasteiger partial charge on any atom is -0.456 e. The number of hydrogen-bond acceptors (Lipinski definition) is 3. The lowest BCUT2D eigenvalue weighted by atomic mass is 9.95. The molecule has 0 aliphatic carbocycles. The highest BCUT2D eigenvalue weighted by atomic mass is 16.3. The molecule has 0 saturated heterocycles. The van der Waals surface area contributed by atoms with Crippen LogP contribution in [0.1, 0.15) is 0 Å². The van der Waals surface area contributed by atoms with Crippen molar-refractivity contribution in [3.05, 3.63) is 146 Å². The molecule has 0 fully saturated rings. The normalized spacial score (nSPS) is 11.7. The SMILES string of the molecule is c1cc(-c2ccc3ccccc3c2)cc(-c2cccc3oc4ccc(Nc5cccc6c5oc5ccccc56)cc4c23)c1. The highest BCUT2D eigenvalue weighted by molar-refractivity contribution is 6.14. The van der Waals surface area contributed by atoms with E-state index >= 15 is 0 Å². The van der Waals surface area contributed by atoms with E-state index in [9.17, 15) is 0 Å². The Morgan fingerprint density at radius 1 is 0.419 bits per heavy atom. The molecule has 202 valence electrons. The van der Waals surface area contributed by atoms with E-state index in [0.717, 1.165) is 66.4 Å². The topological polar surface area (TPSA) is 38.3 Å². The zero-order valence-electron chi connectivity index (χ0n) is 23.2. The van der Waals surface area contributed by atoms with Gasteiger partial charge in [-0.1, -0.05) is 97.1 Å². The van der Waals surface area contributed by atoms with Crippen LogP contribution in [0, 0.1) is 0 Å². The second-order valence-electron chi connectivity index (χ2n) is 11.0. The first-order valence-corrected chi connectivity index (χ1v) is 14.5. The summed E-state index contributed by atoms with van der Waals surface area (Å²) in [6.45, 7) is 0. The van der Waals surface area contributed by atoms with E-state index in [1.165, 1.54) is 21.9 Å². The molecule has 2 aromatic heterocycles. The van der Waals surface area contributed by atoms with Crippen molar-refractivity contribution in [2.75, 3.05) is 5.32 Å². The molecule has 3 nitrogen and oxygen atoms in total. The van der Waals surface area contributed by atoms with E-state index in [4.69, 9.17) is 8.83 Å². The molecule has 0 spiro atoms. The molecule has 9 aromatic rings. The summed E-state index contributed by atoms with van der Waals surface area (Å²) in [5, 5.41) is 10.5. The van der Waals surface area contributed by atoms with Crippen LogP contribution in [-0.4, -0.2) is 0 Å². The molecule has 0 unspecified atom stereocenters. The molecule has 1 N–H and O–H groups in total. The van der Waals surface area contributed by atoms with Crippen LogP contribution >= 0.6 is 0 Å². The Hall–Kier alpha value is -5.80. The zero-order valence-corrected chi connectivity index (χ0v) is 23.2. The van der Waals surface area contributed by atoms with Crippen molar-refractivity contribution in [1.29, 1.82) is 0 Å². The third kappa shape index (κ3) is 3.90. The maximum Gasteiger partial charge on any atom is 0.158 e. The first-order chi connectivity index (χ1) is 21.3. The van der Waals surface area contributed by atoms with Gasteiger partial charge in [-0.3, -0.25) is 0 Å². The van der Waals surface area contributed by atoms with Crippen LogP contribution in [0.25, 0.3) is 76.9 Å². The van der Waals surface area contributed by atoms with Gasteiger partial charge < -0.3 is 14.2 Å². The Bertz CT molecular complexity index is 2500. The van der Waals surface area contributed by atoms with Crippen LogP contribution in [0.4, 0.5) is 11.4 Å². The predicted molar refractivity (Wildman–Crippen MR) is 179 cm³/mol. The Morgan fingerprint density at radius 2 is 1.16 bits per heavy atom. The number of hydrogen-bond donors (Lipinski definition) is 1. The van der Waals surface area contributed by atoms with Gasteiger partial charge in [0.15, 0.2) is 5.58 Å². The summed E-state index contributed by atoms with van der Waals surface area (Å²) in [5.41, 5.74) is 10.1. The maximum atomic E-state index is 6.35. The van der Waals surface area contributed by atoms with Crippen LogP contribution in [0.2, 0.25) is 0 Å². The fraction of sp³-hybridized carbons (Fsp3) is 0. The van der Waals surface area contributed by atoms with Crippen molar-refractivity contribution in [3.8, 4) is 22.3 Å². The first kappa shape index (κ1) is 23.9. The van der Waals surface area contributed by atoms with Crippen LogP contribution in [0.5, 0.6) is 0 Å². The summed E-state index contributed by atoms with van der Waals surface area (Å²) < 4.78 is 12.6. The van der Waals surface area contributed by atoms with Gasteiger partial charge in [-0.25, -0.2) is 0 Å². The fourth-order valence-corrected chi connectivity index (χ4v) is 6.38. The lowest BCUT2D eigenvalue weighted by Crippen LogP contribution is -1.90. The van der Waals surface area contributed by atoms with Crippen molar-refractivity contribution in [1.82, 2.24) is 0 Å². The van der Waals surface area contributed by atoms with Crippen molar-refractivity contribution in [2.24, 2.45) is 0 Å². The summed E-state index contributed by atoms with van der Waals surface area (Å²) in [4.78, 5) is 0. The summed E-state index contributed by atoms with van der Waals surface area (Å²) in [6, 6.07) is 51.0. The number of benzene rings is 7. The Labute approximate surface area is 247 Å². The van der Waals surface area contributed by atoms with Crippen molar-refractivity contribution >= 4 is 66.0 Å². The third-order valence-corrected chi connectivity index (χ3v) is 8.43. The van der Waals surface area contributed by atoms with Crippen LogP contribution in [-0.2, 0) is 0 Å². The average molecular weight is 552 g/mol. The number of anilines is 2. The number of para-hydroxylation sites is 2. The fourth-order valence-electron chi connectivity index (χ4n) is 6.38. The predicted octanol–water partition coefficient (Wildman–Crippen LogP) is 11.7. The van der Waals surface area contributed by atoms with Crippen LogP contribution in [0.3, 0.4) is 0 Å². The smallest absolute Gasteiger partial charge is 0.158 e. The molecule has 0 aliphatic heterocycles. The van der Waals surface area contributed by atoms with Gasteiger partial charge >= 0.3 is 0 Å². The number of rotatable bonds is 4. The molecule has 2 heterocycles. The Morgan fingerprint density at radius 3 is 2.14 bits per heavy atom. The monoisotopic (exact) mass is 551 g/mol. The molecule has 3 heteroatoms. The zero-order chi connectivity index (χ0) is 28.3. The van der Waals surface area contributed by atoms with Gasteiger partial charge in [-0.05, 0) is 81.6 Å². The molecular weight excluding hydrogens is 526 g/mol. The molecule has 0 atom stereocenters. The number of fused-ring (bicyclic) bond motifs is 7. The minimum absolute atomic E-state index is 0.854. The summed E-state index contributed by atoms with van der Waals surface area (Å²) in [7, 11) is 0. The molecular formula is C40H25NO2. The van der Waals surface area contributed by atoms with E-state index in [1.807, 2.05) is 30.3 Å². The molecule has 0 bridgehead atoms. The molecule has 0 aliphatic rings. The molecule has 43 heavy (non-hydrogen) atoms. The lowest BCUT2D eigenvalue weighted by molar-refractivity contribution is 0.669. The van der Waals surface area contributed by atoms with Gasteiger partial charge in [0.1, 0.15) is 16.7 Å². The van der Waals surface area contributed by atoms with Crippen molar-refractivity contribution < 1.29 is 8.83 Å². The van der Waals surface area contributed by atoms with E-state index in [-0.39, 0.29) is 0 Å². The van der Waals surface area contributed by atoms with Gasteiger partial charge in [-0.15, -0.1) is 0 Å². The van der Waals surface area contributed by atoms with Gasteiger partial charge in [0.25, 0.3) is 0 Å². The van der Waals surface area contributed by atoms with Gasteiger partial charge in [0.2, 0.25) is 0 Å². The number of nitrogens with one attached hydrogen (secondary N) is 1. The summed E-state index contributed by atoms with van der Waals surface area (Å²) in [6.07, 6.45) is 0. The van der Waals surface area contributed by atoms with Gasteiger partial charge in [0, 0.05) is 27.2 Å². The lowest BCUT2D eigenvalue weighted by Gasteiger charge is -2.09. The minimum atomic E-state index is 0.854. The maximum absolute atomic E-state index is 6.35. The van der Waals surface area contributed by atoms with Gasteiger partial charge in [0.05, 0.1) is 5.69 Å². The van der Waals surface area contributed by atoms with Crippen LogP contribution < -0.4 is 5.32 Å². The second kappa shape index (κ2) is 9.37. The molecule has 0 saturated carbocycles.